The van der Waals surface area contributed by atoms with Crippen molar-refractivity contribution in [2.75, 3.05) is 41.0 Å². The molecule has 0 rings (SSSR count). The third-order valence-corrected chi connectivity index (χ3v) is 11.1. The van der Waals surface area contributed by atoms with E-state index < -0.39 is 18.1 Å². The average Bonchev–Trinajstić information content (AvgIpc) is 3.18. The zero-order valence-corrected chi connectivity index (χ0v) is 38.8. The number of quaternary nitrogens is 1. The highest BCUT2D eigenvalue weighted by Crippen LogP contribution is 2.15. The van der Waals surface area contributed by atoms with E-state index in [4.69, 9.17) is 14.2 Å². The van der Waals surface area contributed by atoms with Crippen LogP contribution in [0.3, 0.4) is 0 Å². The number of carbonyl (C=O) groups is 3. The van der Waals surface area contributed by atoms with E-state index in [1.54, 1.807) is 0 Å². The molecule has 0 saturated carbocycles. The summed E-state index contributed by atoms with van der Waals surface area (Å²) < 4.78 is 17.3. The molecule has 58 heavy (non-hydrogen) atoms. The summed E-state index contributed by atoms with van der Waals surface area (Å²) in [5.41, 5.74) is 0. The number of hydrogen-bond donors (Lipinski definition) is 1. The maximum Gasteiger partial charge on any atom is 0.362 e. The minimum absolute atomic E-state index is 0.0543. The highest BCUT2D eigenvalue weighted by molar-refractivity contribution is 5.72. The van der Waals surface area contributed by atoms with Crippen LogP contribution >= 0.6 is 0 Å². The van der Waals surface area contributed by atoms with Gasteiger partial charge in [0.2, 0.25) is 0 Å². The van der Waals surface area contributed by atoms with Crippen LogP contribution in [0.25, 0.3) is 0 Å². The quantitative estimate of drug-likeness (QED) is 0.0283. The smallest absolute Gasteiger partial charge is 0.362 e. The predicted octanol–water partition coefficient (Wildman–Crippen LogP) is 13.6. The summed E-state index contributed by atoms with van der Waals surface area (Å²) in [4.78, 5) is 37.0. The Balaban J connectivity index is 4.19. The first kappa shape index (κ1) is 55.8. The van der Waals surface area contributed by atoms with Gasteiger partial charge >= 0.3 is 17.9 Å². The number of esters is 2. The van der Waals surface area contributed by atoms with E-state index >= 15 is 0 Å². The van der Waals surface area contributed by atoms with Crippen LogP contribution in [0.1, 0.15) is 226 Å². The van der Waals surface area contributed by atoms with Crippen molar-refractivity contribution in [1.29, 1.82) is 0 Å². The fraction of sp³-hybridized carbons (Fsp3) is 0.860. The molecule has 0 saturated heterocycles. The van der Waals surface area contributed by atoms with Crippen molar-refractivity contribution in [3.8, 4) is 0 Å². The minimum atomic E-state index is -0.875. The van der Waals surface area contributed by atoms with Gasteiger partial charge in [-0.15, -0.1) is 0 Å². The third-order valence-electron chi connectivity index (χ3n) is 11.1. The molecule has 8 nitrogen and oxygen atoms in total. The molecule has 340 valence electrons. The number of aliphatic carboxylic acids is 1. The fourth-order valence-electron chi connectivity index (χ4n) is 7.24. The van der Waals surface area contributed by atoms with Gasteiger partial charge in [-0.05, 0) is 57.8 Å². The van der Waals surface area contributed by atoms with Crippen molar-refractivity contribution in [3.63, 3.8) is 0 Å². The van der Waals surface area contributed by atoms with Crippen LogP contribution in [0.2, 0.25) is 0 Å². The van der Waals surface area contributed by atoms with E-state index in [1.165, 1.54) is 141 Å². The van der Waals surface area contributed by atoms with Gasteiger partial charge in [-0.25, -0.2) is 4.79 Å². The number of likely N-dealkylation sites (N-methyl/N-ethyl adjacent to an activating group) is 1. The topological polar surface area (TPSA) is 99.1 Å². The Kier molecular flexibility index (Phi) is 40.0. The molecule has 0 aliphatic heterocycles. The van der Waals surface area contributed by atoms with Crippen molar-refractivity contribution in [1.82, 2.24) is 0 Å². The molecular formula is C50H94NO7+. The Labute approximate surface area is 358 Å². The Morgan fingerprint density at radius 2 is 0.879 bits per heavy atom. The van der Waals surface area contributed by atoms with Gasteiger partial charge in [-0.1, -0.05) is 173 Å². The Hall–Kier alpha value is -2.19. The molecule has 2 unspecified atom stereocenters. The number of unbranched alkanes of at least 4 members (excludes halogenated alkanes) is 26. The van der Waals surface area contributed by atoms with Gasteiger partial charge < -0.3 is 23.8 Å². The molecule has 0 spiro atoms. The predicted molar refractivity (Wildman–Crippen MR) is 243 cm³/mol. The van der Waals surface area contributed by atoms with E-state index in [9.17, 15) is 19.5 Å². The average molecular weight is 821 g/mol. The molecular weight excluding hydrogens is 727 g/mol. The molecule has 0 heterocycles. The van der Waals surface area contributed by atoms with Crippen LogP contribution in [0.15, 0.2) is 24.3 Å². The van der Waals surface area contributed by atoms with Crippen LogP contribution in [-0.4, -0.2) is 80.6 Å². The van der Waals surface area contributed by atoms with E-state index in [-0.39, 0.29) is 36.2 Å². The number of ether oxygens (including phenoxy) is 3. The number of rotatable bonds is 44. The molecule has 0 aromatic heterocycles. The number of allylic oxidation sites excluding steroid dienone is 4. The van der Waals surface area contributed by atoms with Crippen molar-refractivity contribution in [2.45, 2.75) is 238 Å². The number of nitrogens with zero attached hydrogens (tertiary/aromatic N) is 1. The second kappa shape index (κ2) is 41.5. The van der Waals surface area contributed by atoms with Gasteiger partial charge in [0.25, 0.3) is 0 Å². The van der Waals surface area contributed by atoms with E-state index in [0.29, 0.717) is 19.3 Å². The van der Waals surface area contributed by atoms with Gasteiger partial charge in [0, 0.05) is 19.3 Å². The van der Waals surface area contributed by atoms with Crippen LogP contribution in [0, 0.1) is 0 Å². The number of carboxylic acid groups (broad SMARTS) is 1. The standard InChI is InChI=1S/C50H93NO7/c1-6-8-10-12-14-16-18-19-20-21-22-23-24-25-26-27-28-29-31-33-35-37-39-41-49(53)58-46(44-56-43-42-47(50(54)55)51(3,4)5)45-57-48(52)40-38-36-34-32-30-17-15-13-11-9-7-2/h13,15,25-26,46-47H,6-12,14,16-24,27-45H2,1-5H3/p+1/b15-13+,26-25+. The lowest BCUT2D eigenvalue weighted by Gasteiger charge is -2.31. The zero-order chi connectivity index (χ0) is 42.8. The summed E-state index contributed by atoms with van der Waals surface area (Å²) in [5.74, 6) is -1.48. The summed E-state index contributed by atoms with van der Waals surface area (Å²) in [5, 5.41) is 9.63. The normalized spacial score (nSPS) is 13.1. The summed E-state index contributed by atoms with van der Waals surface area (Å²) in [6, 6.07) is -0.614. The maximum atomic E-state index is 12.8. The summed E-state index contributed by atoms with van der Waals surface area (Å²) in [6.07, 6.45) is 46.6. The first-order valence-corrected chi connectivity index (χ1v) is 24.4. The van der Waals surface area contributed by atoms with Crippen LogP contribution in [0.5, 0.6) is 0 Å². The number of hydrogen-bond acceptors (Lipinski definition) is 6. The van der Waals surface area contributed by atoms with Gasteiger partial charge in [-0.2, -0.15) is 0 Å². The Bertz CT molecular complexity index is 1000. The van der Waals surface area contributed by atoms with Gasteiger partial charge in [-0.3, -0.25) is 9.59 Å². The summed E-state index contributed by atoms with van der Waals surface area (Å²) in [6.45, 7) is 4.71. The van der Waals surface area contributed by atoms with Crippen LogP contribution in [-0.2, 0) is 28.6 Å². The largest absolute Gasteiger partial charge is 0.477 e. The number of carbonyl (C=O) groups excluding carboxylic acids is 2. The highest BCUT2D eigenvalue weighted by atomic mass is 16.6. The van der Waals surface area contributed by atoms with Crippen molar-refractivity contribution in [3.05, 3.63) is 24.3 Å². The number of carboxylic acids is 1. The van der Waals surface area contributed by atoms with E-state index in [2.05, 4.69) is 38.2 Å². The van der Waals surface area contributed by atoms with Gasteiger partial charge in [0.15, 0.2) is 12.1 Å². The summed E-state index contributed by atoms with van der Waals surface area (Å²) >= 11 is 0. The lowest BCUT2D eigenvalue weighted by Crippen LogP contribution is -2.50. The molecule has 0 amide bonds. The van der Waals surface area contributed by atoms with E-state index in [0.717, 1.165) is 51.4 Å². The van der Waals surface area contributed by atoms with Crippen molar-refractivity contribution < 1.29 is 38.2 Å². The molecule has 0 radical (unpaired) electrons. The second-order valence-electron chi connectivity index (χ2n) is 17.7. The summed E-state index contributed by atoms with van der Waals surface area (Å²) in [7, 11) is 5.53. The van der Waals surface area contributed by atoms with Gasteiger partial charge in [0.1, 0.15) is 6.61 Å². The molecule has 0 aromatic carbocycles. The SMILES string of the molecule is CCCC/C=C/CCCCCCCC(=O)OCC(COCCC(C(=O)O)[N+](C)(C)C)OC(=O)CCCCCCCCC/C=C/CCCCCCCCCCCCCC. The lowest BCUT2D eigenvalue weighted by atomic mass is 10.0. The Morgan fingerprint density at radius 1 is 0.500 bits per heavy atom. The molecule has 1 N–H and O–H groups in total. The molecule has 0 fully saturated rings. The first-order chi connectivity index (χ1) is 28.1. The van der Waals surface area contributed by atoms with Crippen LogP contribution in [0.4, 0.5) is 0 Å². The molecule has 0 aliphatic rings. The third kappa shape index (κ3) is 39.3. The monoisotopic (exact) mass is 821 g/mol. The molecule has 0 aromatic rings. The van der Waals surface area contributed by atoms with Crippen molar-refractivity contribution >= 4 is 17.9 Å². The zero-order valence-electron chi connectivity index (χ0n) is 38.8. The highest BCUT2D eigenvalue weighted by Gasteiger charge is 2.31. The molecule has 8 heteroatoms. The Morgan fingerprint density at radius 3 is 1.29 bits per heavy atom. The molecule has 0 bridgehead atoms. The first-order valence-electron chi connectivity index (χ1n) is 24.4. The van der Waals surface area contributed by atoms with Crippen molar-refractivity contribution in [2.24, 2.45) is 0 Å². The molecule has 0 aliphatic carbocycles. The van der Waals surface area contributed by atoms with E-state index in [1.807, 2.05) is 21.1 Å². The molecule has 2 atom stereocenters. The second-order valence-corrected chi connectivity index (χ2v) is 17.7. The van der Waals surface area contributed by atoms with Crippen LogP contribution < -0.4 is 0 Å². The lowest BCUT2D eigenvalue weighted by molar-refractivity contribution is -0.887. The maximum absolute atomic E-state index is 12.8. The minimum Gasteiger partial charge on any atom is -0.477 e. The van der Waals surface area contributed by atoms with Gasteiger partial charge in [0.05, 0.1) is 34.4 Å². The fourth-order valence-corrected chi connectivity index (χ4v) is 7.24.